The SMILES string of the molecule is CCOC(=O)c1[nH]c2cc(OC)c(OC)cc2c1CCN1CCN(c2ccccc2)CC1.Cl. The van der Waals surface area contributed by atoms with Gasteiger partial charge in [-0.2, -0.15) is 0 Å². The van der Waals surface area contributed by atoms with Gasteiger partial charge < -0.3 is 24.1 Å². The molecule has 33 heavy (non-hydrogen) atoms. The highest BCUT2D eigenvalue weighted by Crippen LogP contribution is 2.35. The molecule has 4 rings (SSSR count). The fourth-order valence-corrected chi connectivity index (χ4v) is 4.35. The number of rotatable bonds is 8. The summed E-state index contributed by atoms with van der Waals surface area (Å²) in [7, 11) is 3.23. The van der Waals surface area contributed by atoms with Crippen LogP contribution in [0, 0.1) is 0 Å². The molecule has 2 heterocycles. The summed E-state index contributed by atoms with van der Waals surface area (Å²) in [5.41, 5.74) is 3.59. The first-order chi connectivity index (χ1) is 15.6. The van der Waals surface area contributed by atoms with Crippen molar-refractivity contribution in [2.75, 3.05) is 58.5 Å². The van der Waals surface area contributed by atoms with Crippen LogP contribution >= 0.6 is 12.4 Å². The minimum Gasteiger partial charge on any atom is -0.493 e. The van der Waals surface area contributed by atoms with E-state index in [2.05, 4.69) is 39.0 Å². The van der Waals surface area contributed by atoms with Crippen LogP contribution in [-0.4, -0.2) is 69.4 Å². The van der Waals surface area contributed by atoms with E-state index in [1.54, 1.807) is 14.2 Å². The maximum atomic E-state index is 12.7. The zero-order chi connectivity index (χ0) is 22.5. The fraction of sp³-hybridized carbons (Fsp3) is 0.400. The number of para-hydroxylation sites is 1. The summed E-state index contributed by atoms with van der Waals surface area (Å²) in [6.07, 6.45) is 0.745. The van der Waals surface area contributed by atoms with Gasteiger partial charge in [-0.3, -0.25) is 4.90 Å². The molecule has 7 nitrogen and oxygen atoms in total. The van der Waals surface area contributed by atoms with Crippen molar-refractivity contribution < 1.29 is 19.0 Å². The lowest BCUT2D eigenvalue weighted by molar-refractivity contribution is 0.0519. The Balaban J connectivity index is 0.00000306. The number of anilines is 1. The van der Waals surface area contributed by atoms with Gasteiger partial charge in [0.2, 0.25) is 0 Å². The molecule has 0 amide bonds. The van der Waals surface area contributed by atoms with Gasteiger partial charge in [0.1, 0.15) is 5.69 Å². The lowest BCUT2D eigenvalue weighted by atomic mass is 10.1. The van der Waals surface area contributed by atoms with E-state index in [1.807, 2.05) is 25.1 Å². The molecule has 0 aliphatic carbocycles. The molecule has 0 spiro atoms. The van der Waals surface area contributed by atoms with Gasteiger partial charge in [-0.15, -0.1) is 12.4 Å². The molecule has 1 aliphatic rings. The Bertz CT molecular complexity index is 1060. The van der Waals surface area contributed by atoms with E-state index in [0.29, 0.717) is 23.8 Å². The Morgan fingerprint density at radius 3 is 2.30 bits per heavy atom. The van der Waals surface area contributed by atoms with Crippen molar-refractivity contribution in [1.29, 1.82) is 0 Å². The van der Waals surface area contributed by atoms with Crippen LogP contribution in [0.4, 0.5) is 5.69 Å². The number of aromatic amines is 1. The van der Waals surface area contributed by atoms with Crippen molar-refractivity contribution >= 4 is 35.0 Å². The van der Waals surface area contributed by atoms with Crippen molar-refractivity contribution in [2.24, 2.45) is 0 Å². The Morgan fingerprint density at radius 1 is 1.00 bits per heavy atom. The van der Waals surface area contributed by atoms with Crippen LogP contribution in [0.1, 0.15) is 23.0 Å². The zero-order valence-corrected chi connectivity index (χ0v) is 20.2. The Kier molecular flexibility index (Phi) is 8.47. The van der Waals surface area contributed by atoms with Gasteiger partial charge in [0, 0.05) is 49.9 Å². The van der Waals surface area contributed by atoms with Crippen LogP contribution in [0.5, 0.6) is 11.5 Å². The number of nitrogens with one attached hydrogen (secondary N) is 1. The highest BCUT2D eigenvalue weighted by Gasteiger charge is 2.23. The molecule has 0 saturated carbocycles. The third-order valence-electron chi connectivity index (χ3n) is 6.06. The second-order valence-electron chi connectivity index (χ2n) is 7.87. The number of H-pyrrole nitrogens is 1. The average molecular weight is 474 g/mol. The molecule has 178 valence electrons. The van der Waals surface area contributed by atoms with Gasteiger partial charge >= 0.3 is 5.97 Å². The Labute approximate surface area is 201 Å². The third-order valence-corrected chi connectivity index (χ3v) is 6.06. The summed E-state index contributed by atoms with van der Waals surface area (Å²) < 4.78 is 16.2. The highest BCUT2D eigenvalue weighted by molar-refractivity contribution is 5.99. The molecule has 0 radical (unpaired) electrons. The van der Waals surface area contributed by atoms with Gasteiger partial charge in [0.25, 0.3) is 0 Å². The molecule has 0 unspecified atom stereocenters. The quantitative estimate of drug-likeness (QED) is 0.496. The molecule has 3 aromatic rings. The predicted octanol–water partition coefficient (Wildman–Crippen LogP) is 4.15. The highest BCUT2D eigenvalue weighted by atomic mass is 35.5. The molecular weight excluding hydrogens is 442 g/mol. The molecule has 1 N–H and O–H groups in total. The molecule has 0 bridgehead atoms. The second-order valence-corrected chi connectivity index (χ2v) is 7.87. The first-order valence-electron chi connectivity index (χ1n) is 11.1. The second kappa shape index (κ2) is 11.3. The maximum Gasteiger partial charge on any atom is 0.355 e. The summed E-state index contributed by atoms with van der Waals surface area (Å²) in [5.74, 6) is 0.943. The van der Waals surface area contributed by atoms with E-state index in [9.17, 15) is 4.79 Å². The number of carbonyl (C=O) groups is 1. The van der Waals surface area contributed by atoms with Gasteiger partial charge in [0.05, 0.1) is 26.3 Å². The topological polar surface area (TPSA) is 67.0 Å². The number of fused-ring (bicyclic) bond motifs is 1. The molecule has 1 aliphatic heterocycles. The van der Waals surface area contributed by atoms with Crippen LogP contribution in [0.2, 0.25) is 0 Å². The zero-order valence-electron chi connectivity index (χ0n) is 19.4. The molecule has 1 fully saturated rings. The van der Waals surface area contributed by atoms with Crippen LogP contribution < -0.4 is 14.4 Å². The molecular formula is C25H32ClN3O4. The van der Waals surface area contributed by atoms with E-state index in [0.717, 1.165) is 55.6 Å². The molecule has 1 saturated heterocycles. The monoisotopic (exact) mass is 473 g/mol. The van der Waals surface area contributed by atoms with Crippen molar-refractivity contribution in [1.82, 2.24) is 9.88 Å². The summed E-state index contributed by atoms with van der Waals surface area (Å²) in [4.78, 5) is 20.8. The first-order valence-corrected chi connectivity index (χ1v) is 11.1. The Hall–Kier alpha value is -2.90. The molecule has 1 aromatic heterocycles. The number of carbonyl (C=O) groups excluding carboxylic acids is 1. The fourth-order valence-electron chi connectivity index (χ4n) is 4.35. The van der Waals surface area contributed by atoms with E-state index >= 15 is 0 Å². The minimum absolute atomic E-state index is 0. The van der Waals surface area contributed by atoms with Crippen molar-refractivity contribution in [3.63, 3.8) is 0 Å². The van der Waals surface area contributed by atoms with E-state index in [4.69, 9.17) is 14.2 Å². The standard InChI is InChI=1S/C25H31N3O4.ClH/c1-4-32-25(29)24-19(20-16-22(30-2)23(31-3)17-21(20)26-24)10-11-27-12-14-28(15-13-27)18-8-6-5-7-9-18;/h5-9,16-17,26H,4,10-15H2,1-3H3;1H. The maximum absolute atomic E-state index is 12.7. The number of methoxy groups -OCH3 is 2. The van der Waals surface area contributed by atoms with Crippen LogP contribution in [0.15, 0.2) is 42.5 Å². The van der Waals surface area contributed by atoms with Gasteiger partial charge in [-0.05, 0) is 37.1 Å². The normalized spacial score (nSPS) is 14.1. The lowest BCUT2D eigenvalue weighted by Gasteiger charge is -2.36. The predicted molar refractivity (Wildman–Crippen MR) is 133 cm³/mol. The number of hydrogen-bond donors (Lipinski definition) is 1. The number of ether oxygens (including phenoxy) is 3. The number of benzene rings is 2. The number of esters is 1. The van der Waals surface area contributed by atoms with Gasteiger partial charge in [0.15, 0.2) is 11.5 Å². The summed E-state index contributed by atoms with van der Waals surface area (Å²) in [6.45, 7) is 6.99. The molecule has 2 aromatic carbocycles. The number of piperazine rings is 1. The first kappa shape index (κ1) is 24.7. The number of hydrogen-bond acceptors (Lipinski definition) is 6. The largest absolute Gasteiger partial charge is 0.493 e. The molecule has 8 heteroatoms. The smallest absolute Gasteiger partial charge is 0.355 e. The number of aromatic nitrogens is 1. The van der Waals surface area contributed by atoms with E-state index in [-0.39, 0.29) is 18.4 Å². The van der Waals surface area contributed by atoms with E-state index < -0.39 is 0 Å². The van der Waals surface area contributed by atoms with Crippen molar-refractivity contribution in [2.45, 2.75) is 13.3 Å². The number of nitrogens with zero attached hydrogens (tertiary/aromatic N) is 2. The average Bonchev–Trinajstić information content (AvgIpc) is 3.20. The Morgan fingerprint density at radius 2 is 1.67 bits per heavy atom. The van der Waals surface area contributed by atoms with Crippen LogP contribution in [0.3, 0.4) is 0 Å². The van der Waals surface area contributed by atoms with Crippen molar-refractivity contribution in [3.8, 4) is 11.5 Å². The lowest BCUT2D eigenvalue weighted by Crippen LogP contribution is -2.47. The van der Waals surface area contributed by atoms with Gasteiger partial charge in [-0.25, -0.2) is 4.79 Å². The summed E-state index contributed by atoms with van der Waals surface area (Å²) in [6, 6.07) is 14.4. The molecule has 0 atom stereocenters. The minimum atomic E-state index is -0.328. The van der Waals surface area contributed by atoms with Crippen LogP contribution in [0.25, 0.3) is 10.9 Å². The van der Waals surface area contributed by atoms with Gasteiger partial charge in [-0.1, -0.05) is 18.2 Å². The summed E-state index contributed by atoms with van der Waals surface area (Å²) >= 11 is 0. The van der Waals surface area contributed by atoms with Crippen molar-refractivity contribution in [3.05, 3.63) is 53.7 Å². The number of halogens is 1. The third kappa shape index (κ3) is 5.37. The van der Waals surface area contributed by atoms with Crippen LogP contribution in [-0.2, 0) is 11.2 Å². The van der Waals surface area contributed by atoms with E-state index in [1.165, 1.54) is 5.69 Å². The summed E-state index contributed by atoms with van der Waals surface area (Å²) in [5, 5.41) is 0.966.